The smallest absolute Gasteiger partial charge is 0.234 e. The van der Waals surface area contributed by atoms with E-state index in [-0.39, 0.29) is 23.5 Å². The molecule has 1 rings (SSSR count). The predicted octanol–water partition coefficient (Wildman–Crippen LogP) is 1.39. The van der Waals surface area contributed by atoms with Gasteiger partial charge in [0.1, 0.15) is 0 Å². The molecule has 0 bridgehead atoms. The molecule has 4 heteroatoms. The number of hydrogen-bond donors (Lipinski definition) is 2. The minimum atomic E-state index is -0.132. The van der Waals surface area contributed by atoms with Crippen molar-refractivity contribution in [2.24, 2.45) is 5.41 Å². The lowest BCUT2D eigenvalue weighted by molar-refractivity contribution is -0.124. The van der Waals surface area contributed by atoms with Gasteiger partial charge in [-0.1, -0.05) is 13.8 Å². The van der Waals surface area contributed by atoms with Crippen LogP contribution in [0, 0.1) is 5.41 Å². The molecule has 106 valence electrons. The average Bonchev–Trinajstić information content (AvgIpc) is 2.28. The molecule has 1 amide bonds. The summed E-state index contributed by atoms with van der Waals surface area (Å²) in [6, 6.07) is 0. The van der Waals surface area contributed by atoms with Crippen LogP contribution in [0.25, 0.3) is 0 Å². The molecule has 0 radical (unpaired) electrons. The Kier molecular flexibility index (Phi) is 5.17. The molecule has 0 saturated carbocycles. The molecular formula is C14H28N2O2. The summed E-state index contributed by atoms with van der Waals surface area (Å²) in [4.78, 5) is 14.1. The molecule has 1 aliphatic heterocycles. The molecule has 4 nitrogen and oxygen atoms in total. The maximum absolute atomic E-state index is 12.0. The Morgan fingerprint density at radius 3 is 2.72 bits per heavy atom. The zero-order valence-corrected chi connectivity index (χ0v) is 12.3. The molecular weight excluding hydrogens is 228 g/mol. The molecule has 1 fully saturated rings. The summed E-state index contributed by atoms with van der Waals surface area (Å²) in [7, 11) is 0. The van der Waals surface area contributed by atoms with Crippen molar-refractivity contribution in [1.29, 1.82) is 0 Å². The van der Waals surface area contributed by atoms with Crippen molar-refractivity contribution in [3.63, 3.8) is 0 Å². The number of carbonyl (C=O) groups is 1. The first-order chi connectivity index (χ1) is 8.30. The van der Waals surface area contributed by atoms with E-state index in [1.54, 1.807) is 0 Å². The van der Waals surface area contributed by atoms with Crippen molar-refractivity contribution in [2.75, 3.05) is 26.2 Å². The Morgan fingerprint density at radius 1 is 1.50 bits per heavy atom. The largest absolute Gasteiger partial charge is 0.396 e. The molecule has 0 aromatic carbocycles. The second kappa shape index (κ2) is 6.02. The van der Waals surface area contributed by atoms with Gasteiger partial charge in [-0.3, -0.25) is 9.69 Å². The van der Waals surface area contributed by atoms with Crippen LogP contribution in [0.15, 0.2) is 0 Å². The molecule has 1 heterocycles. The first-order valence-electron chi connectivity index (χ1n) is 6.94. The topological polar surface area (TPSA) is 52.6 Å². The minimum absolute atomic E-state index is 0.0429. The summed E-state index contributed by atoms with van der Waals surface area (Å²) in [6.07, 6.45) is 3.02. The zero-order chi connectivity index (χ0) is 13.8. The van der Waals surface area contributed by atoms with E-state index in [0.717, 1.165) is 32.4 Å². The van der Waals surface area contributed by atoms with Crippen molar-refractivity contribution < 1.29 is 9.90 Å². The fourth-order valence-corrected chi connectivity index (χ4v) is 2.40. The molecule has 1 saturated heterocycles. The summed E-state index contributed by atoms with van der Waals surface area (Å²) in [5, 5.41) is 12.5. The Bertz CT molecular complexity index is 292. The van der Waals surface area contributed by atoms with Crippen LogP contribution >= 0.6 is 0 Å². The van der Waals surface area contributed by atoms with Crippen LogP contribution in [0.4, 0.5) is 0 Å². The molecule has 18 heavy (non-hydrogen) atoms. The van der Waals surface area contributed by atoms with Crippen LogP contribution in [0.1, 0.15) is 47.0 Å². The van der Waals surface area contributed by atoms with Crippen LogP contribution in [0.2, 0.25) is 0 Å². The van der Waals surface area contributed by atoms with Crippen molar-refractivity contribution >= 4 is 5.91 Å². The third kappa shape index (κ3) is 4.58. The number of amides is 1. The standard InChI is InChI=1S/C14H28N2O2/c1-5-13(2,3)15-12(18)9-16-8-6-7-14(4,10-16)11-17/h17H,5-11H2,1-4H3,(H,15,18). The van der Waals surface area contributed by atoms with E-state index >= 15 is 0 Å². The number of carbonyl (C=O) groups excluding carboxylic acids is 1. The minimum Gasteiger partial charge on any atom is -0.396 e. The Labute approximate surface area is 111 Å². The predicted molar refractivity (Wildman–Crippen MR) is 73.4 cm³/mol. The van der Waals surface area contributed by atoms with Gasteiger partial charge < -0.3 is 10.4 Å². The fourth-order valence-electron chi connectivity index (χ4n) is 2.40. The van der Waals surface area contributed by atoms with E-state index in [9.17, 15) is 9.90 Å². The van der Waals surface area contributed by atoms with Gasteiger partial charge in [-0.15, -0.1) is 0 Å². The Hall–Kier alpha value is -0.610. The van der Waals surface area contributed by atoms with Gasteiger partial charge in [0.25, 0.3) is 0 Å². The normalized spacial score (nSPS) is 26.1. The molecule has 0 aromatic heterocycles. The van der Waals surface area contributed by atoms with Gasteiger partial charge in [0.15, 0.2) is 0 Å². The number of aliphatic hydroxyl groups excluding tert-OH is 1. The molecule has 0 aliphatic carbocycles. The van der Waals surface area contributed by atoms with E-state index in [1.165, 1.54) is 0 Å². The zero-order valence-electron chi connectivity index (χ0n) is 12.3. The molecule has 1 aliphatic rings. The van der Waals surface area contributed by atoms with Gasteiger partial charge in [-0.25, -0.2) is 0 Å². The van der Waals surface area contributed by atoms with E-state index in [2.05, 4.69) is 24.1 Å². The quantitative estimate of drug-likeness (QED) is 0.781. The summed E-state index contributed by atoms with van der Waals surface area (Å²) in [6.45, 7) is 10.7. The lowest BCUT2D eigenvalue weighted by Gasteiger charge is -2.39. The maximum Gasteiger partial charge on any atom is 0.234 e. The summed E-state index contributed by atoms with van der Waals surface area (Å²) in [5.74, 6) is 0.0871. The van der Waals surface area contributed by atoms with Crippen molar-refractivity contribution in [1.82, 2.24) is 10.2 Å². The van der Waals surface area contributed by atoms with E-state index in [4.69, 9.17) is 0 Å². The second-order valence-corrected chi connectivity index (χ2v) is 6.57. The van der Waals surface area contributed by atoms with Gasteiger partial charge in [-0.05, 0) is 39.7 Å². The first kappa shape index (κ1) is 15.4. The maximum atomic E-state index is 12.0. The highest BCUT2D eigenvalue weighted by atomic mass is 16.3. The summed E-state index contributed by atoms with van der Waals surface area (Å²) < 4.78 is 0. The highest BCUT2D eigenvalue weighted by Crippen LogP contribution is 2.28. The second-order valence-electron chi connectivity index (χ2n) is 6.57. The number of likely N-dealkylation sites (tertiary alicyclic amines) is 1. The van der Waals surface area contributed by atoms with Gasteiger partial charge in [0.2, 0.25) is 5.91 Å². The highest BCUT2D eigenvalue weighted by Gasteiger charge is 2.31. The first-order valence-corrected chi connectivity index (χ1v) is 6.94. The van der Waals surface area contributed by atoms with Crippen molar-refractivity contribution in [2.45, 2.75) is 52.5 Å². The lowest BCUT2D eigenvalue weighted by Crippen LogP contribution is -2.51. The number of piperidine rings is 1. The van der Waals surface area contributed by atoms with Crippen LogP contribution in [-0.4, -0.2) is 47.7 Å². The monoisotopic (exact) mass is 256 g/mol. The molecule has 1 atom stereocenters. The lowest BCUT2D eigenvalue weighted by atomic mass is 9.83. The average molecular weight is 256 g/mol. The van der Waals surface area contributed by atoms with E-state index < -0.39 is 0 Å². The summed E-state index contributed by atoms with van der Waals surface area (Å²) >= 11 is 0. The third-order valence-corrected chi connectivity index (χ3v) is 3.97. The molecule has 2 N–H and O–H groups in total. The molecule has 0 aromatic rings. The van der Waals surface area contributed by atoms with E-state index in [1.807, 2.05) is 13.8 Å². The van der Waals surface area contributed by atoms with Gasteiger partial charge in [-0.2, -0.15) is 0 Å². The Morgan fingerprint density at radius 2 is 2.17 bits per heavy atom. The number of hydrogen-bond acceptors (Lipinski definition) is 3. The van der Waals surface area contributed by atoms with Crippen LogP contribution < -0.4 is 5.32 Å². The number of rotatable bonds is 5. The van der Waals surface area contributed by atoms with Crippen LogP contribution in [0.3, 0.4) is 0 Å². The van der Waals surface area contributed by atoms with Crippen molar-refractivity contribution in [3.05, 3.63) is 0 Å². The SMILES string of the molecule is CCC(C)(C)NC(=O)CN1CCCC(C)(CO)C1. The number of nitrogens with zero attached hydrogens (tertiary/aromatic N) is 1. The Balaban J connectivity index is 2.45. The fraction of sp³-hybridized carbons (Fsp3) is 0.929. The number of nitrogens with one attached hydrogen (secondary N) is 1. The van der Waals surface area contributed by atoms with Crippen LogP contribution in [0.5, 0.6) is 0 Å². The molecule has 0 spiro atoms. The highest BCUT2D eigenvalue weighted by molar-refractivity contribution is 5.78. The van der Waals surface area contributed by atoms with Crippen LogP contribution in [-0.2, 0) is 4.79 Å². The number of aliphatic hydroxyl groups is 1. The van der Waals surface area contributed by atoms with Gasteiger partial charge in [0.05, 0.1) is 6.54 Å². The van der Waals surface area contributed by atoms with E-state index in [0.29, 0.717) is 6.54 Å². The molecule has 1 unspecified atom stereocenters. The van der Waals surface area contributed by atoms with Crippen molar-refractivity contribution in [3.8, 4) is 0 Å². The van der Waals surface area contributed by atoms with Gasteiger partial charge in [0, 0.05) is 24.1 Å². The summed E-state index contributed by atoms with van der Waals surface area (Å²) in [5.41, 5.74) is -0.175. The third-order valence-electron chi connectivity index (χ3n) is 3.97. The van der Waals surface area contributed by atoms with Gasteiger partial charge >= 0.3 is 0 Å².